The van der Waals surface area contributed by atoms with Crippen LogP contribution in [0.1, 0.15) is 58.8 Å². The van der Waals surface area contributed by atoms with Crippen LogP contribution in [0.2, 0.25) is 0 Å². The van der Waals surface area contributed by atoms with Crippen LogP contribution < -0.4 is 5.32 Å². The fourth-order valence-corrected chi connectivity index (χ4v) is 3.54. The van der Waals surface area contributed by atoms with E-state index >= 15 is 0 Å². The van der Waals surface area contributed by atoms with Crippen molar-refractivity contribution in [3.63, 3.8) is 0 Å². The van der Waals surface area contributed by atoms with Crippen molar-refractivity contribution in [2.75, 3.05) is 13.2 Å². The Hall–Kier alpha value is -0.0800. The number of hydrogen-bond donors (Lipinski definition) is 1. The van der Waals surface area contributed by atoms with Gasteiger partial charge < -0.3 is 10.1 Å². The van der Waals surface area contributed by atoms with Gasteiger partial charge in [-0.15, -0.1) is 0 Å². The molecule has 0 aromatic carbocycles. The van der Waals surface area contributed by atoms with E-state index < -0.39 is 0 Å². The molecule has 2 rings (SSSR count). The first-order valence-corrected chi connectivity index (χ1v) is 7.14. The lowest BCUT2D eigenvalue weighted by molar-refractivity contribution is -0.128. The van der Waals surface area contributed by atoms with E-state index in [-0.39, 0.29) is 5.60 Å². The zero-order chi connectivity index (χ0) is 11.4. The van der Waals surface area contributed by atoms with Crippen LogP contribution in [0.15, 0.2) is 0 Å². The summed E-state index contributed by atoms with van der Waals surface area (Å²) in [6, 6.07) is 0.615. The third-order valence-corrected chi connectivity index (χ3v) is 4.35. The molecule has 2 nitrogen and oxygen atoms in total. The number of nitrogens with one attached hydrogen (secondary N) is 1. The van der Waals surface area contributed by atoms with Crippen molar-refractivity contribution in [3.05, 3.63) is 0 Å². The summed E-state index contributed by atoms with van der Waals surface area (Å²) in [5.41, 5.74) is 0.186. The molecule has 1 spiro atoms. The summed E-state index contributed by atoms with van der Waals surface area (Å²) in [5, 5.41) is 3.71. The number of rotatable bonds is 3. The van der Waals surface area contributed by atoms with Crippen molar-refractivity contribution in [3.8, 4) is 0 Å². The molecule has 0 aromatic heterocycles. The number of morpholine rings is 1. The quantitative estimate of drug-likeness (QED) is 0.797. The summed E-state index contributed by atoms with van der Waals surface area (Å²) < 4.78 is 6.22. The molecule has 1 aliphatic heterocycles. The Morgan fingerprint density at radius 2 is 2.31 bits per heavy atom. The van der Waals surface area contributed by atoms with E-state index in [0.717, 1.165) is 19.1 Å². The molecule has 0 bridgehead atoms. The van der Waals surface area contributed by atoms with Gasteiger partial charge in [0.25, 0.3) is 0 Å². The highest BCUT2D eigenvalue weighted by atomic mass is 16.5. The van der Waals surface area contributed by atoms with Crippen molar-refractivity contribution >= 4 is 0 Å². The van der Waals surface area contributed by atoms with Gasteiger partial charge in [-0.2, -0.15) is 0 Å². The smallest absolute Gasteiger partial charge is 0.0837 e. The number of unbranched alkanes of at least 4 members (excludes halogenated alkanes) is 1. The molecule has 3 unspecified atom stereocenters. The van der Waals surface area contributed by atoms with Crippen molar-refractivity contribution < 1.29 is 4.74 Å². The molecule has 0 aromatic rings. The van der Waals surface area contributed by atoms with Gasteiger partial charge in [-0.1, -0.05) is 39.5 Å². The Balaban J connectivity index is 2.01. The minimum absolute atomic E-state index is 0.186. The Kier molecular flexibility index (Phi) is 4.26. The zero-order valence-corrected chi connectivity index (χ0v) is 10.9. The Labute approximate surface area is 100 Å². The number of hydrogen-bond acceptors (Lipinski definition) is 2. The van der Waals surface area contributed by atoms with Gasteiger partial charge in [0.1, 0.15) is 0 Å². The standard InChI is InChI=1S/C14H27NO/c1-3-4-7-13-14(16-10-9-15-13)8-5-6-12(2)11-14/h12-13,15H,3-11H2,1-2H3. The molecule has 1 saturated heterocycles. The molecular weight excluding hydrogens is 198 g/mol. The second-order valence-corrected chi connectivity index (χ2v) is 5.76. The van der Waals surface area contributed by atoms with Crippen LogP contribution in [0.3, 0.4) is 0 Å². The van der Waals surface area contributed by atoms with Crippen LogP contribution in [0.5, 0.6) is 0 Å². The van der Waals surface area contributed by atoms with E-state index in [9.17, 15) is 0 Å². The van der Waals surface area contributed by atoms with Crippen molar-refractivity contribution in [2.24, 2.45) is 5.92 Å². The van der Waals surface area contributed by atoms with Gasteiger partial charge in [0.2, 0.25) is 0 Å². The largest absolute Gasteiger partial charge is 0.372 e. The average molecular weight is 225 g/mol. The zero-order valence-electron chi connectivity index (χ0n) is 10.9. The van der Waals surface area contributed by atoms with E-state index in [1.165, 1.54) is 44.9 Å². The molecule has 0 radical (unpaired) electrons. The van der Waals surface area contributed by atoms with Crippen LogP contribution in [0.4, 0.5) is 0 Å². The predicted molar refractivity (Wildman–Crippen MR) is 67.6 cm³/mol. The molecule has 2 heteroatoms. The van der Waals surface area contributed by atoms with Crippen LogP contribution >= 0.6 is 0 Å². The molecule has 0 amide bonds. The Morgan fingerprint density at radius 3 is 3.06 bits per heavy atom. The third kappa shape index (κ3) is 2.60. The lowest BCUT2D eigenvalue weighted by atomic mass is 9.73. The molecule has 94 valence electrons. The normalized spacial score (nSPS) is 40.1. The summed E-state index contributed by atoms with van der Waals surface area (Å²) in [6.07, 6.45) is 9.22. The van der Waals surface area contributed by atoms with Crippen molar-refractivity contribution in [1.82, 2.24) is 5.32 Å². The van der Waals surface area contributed by atoms with E-state index in [1.54, 1.807) is 0 Å². The first-order valence-electron chi connectivity index (χ1n) is 7.14. The molecule has 2 fully saturated rings. The SMILES string of the molecule is CCCCC1NCCOC12CCCC(C)C2. The predicted octanol–water partition coefficient (Wildman–Crippen LogP) is 3.11. The first-order chi connectivity index (χ1) is 7.77. The van der Waals surface area contributed by atoms with Gasteiger partial charge in [-0.25, -0.2) is 0 Å². The highest BCUT2D eigenvalue weighted by molar-refractivity contribution is 4.98. The molecule has 1 saturated carbocycles. The van der Waals surface area contributed by atoms with Crippen LogP contribution in [0.25, 0.3) is 0 Å². The topological polar surface area (TPSA) is 21.3 Å². The van der Waals surface area contributed by atoms with Crippen LogP contribution in [-0.4, -0.2) is 24.8 Å². The van der Waals surface area contributed by atoms with Gasteiger partial charge in [0.05, 0.1) is 12.2 Å². The molecule has 1 aliphatic carbocycles. The fraction of sp³-hybridized carbons (Fsp3) is 1.00. The van der Waals surface area contributed by atoms with Crippen molar-refractivity contribution in [2.45, 2.75) is 70.4 Å². The summed E-state index contributed by atoms with van der Waals surface area (Å²) >= 11 is 0. The van der Waals surface area contributed by atoms with E-state index in [2.05, 4.69) is 19.2 Å². The summed E-state index contributed by atoms with van der Waals surface area (Å²) in [6.45, 7) is 6.62. The summed E-state index contributed by atoms with van der Waals surface area (Å²) in [7, 11) is 0. The van der Waals surface area contributed by atoms with Gasteiger partial charge in [0.15, 0.2) is 0 Å². The molecule has 2 aliphatic rings. The summed E-state index contributed by atoms with van der Waals surface area (Å²) in [4.78, 5) is 0. The van der Waals surface area contributed by atoms with E-state index in [0.29, 0.717) is 6.04 Å². The van der Waals surface area contributed by atoms with Crippen LogP contribution in [0, 0.1) is 5.92 Å². The third-order valence-electron chi connectivity index (χ3n) is 4.35. The second-order valence-electron chi connectivity index (χ2n) is 5.76. The minimum Gasteiger partial charge on any atom is -0.372 e. The summed E-state index contributed by atoms with van der Waals surface area (Å²) in [5.74, 6) is 0.845. The van der Waals surface area contributed by atoms with Gasteiger partial charge in [0, 0.05) is 12.6 Å². The maximum absolute atomic E-state index is 6.22. The van der Waals surface area contributed by atoms with Crippen LogP contribution in [-0.2, 0) is 4.74 Å². The highest BCUT2D eigenvalue weighted by Gasteiger charge is 2.43. The Morgan fingerprint density at radius 1 is 1.44 bits per heavy atom. The maximum Gasteiger partial charge on any atom is 0.0837 e. The van der Waals surface area contributed by atoms with Gasteiger partial charge in [-0.05, 0) is 25.2 Å². The van der Waals surface area contributed by atoms with E-state index in [1.807, 2.05) is 0 Å². The molecule has 1 N–H and O–H groups in total. The van der Waals surface area contributed by atoms with E-state index in [4.69, 9.17) is 4.74 Å². The lowest BCUT2D eigenvalue weighted by Crippen LogP contribution is -2.59. The monoisotopic (exact) mass is 225 g/mol. The first kappa shape index (κ1) is 12.4. The fourth-order valence-electron chi connectivity index (χ4n) is 3.54. The molecule has 16 heavy (non-hydrogen) atoms. The molecule has 3 atom stereocenters. The highest BCUT2D eigenvalue weighted by Crippen LogP contribution is 2.40. The number of ether oxygens (including phenoxy) is 1. The van der Waals surface area contributed by atoms with Gasteiger partial charge in [-0.3, -0.25) is 0 Å². The molecular formula is C14H27NO. The van der Waals surface area contributed by atoms with Gasteiger partial charge >= 0.3 is 0 Å². The Bertz CT molecular complexity index is 215. The molecule has 1 heterocycles. The maximum atomic E-state index is 6.22. The lowest BCUT2D eigenvalue weighted by Gasteiger charge is -2.48. The second kappa shape index (κ2) is 5.50. The average Bonchev–Trinajstić information content (AvgIpc) is 2.28. The minimum atomic E-state index is 0.186. The van der Waals surface area contributed by atoms with Crippen molar-refractivity contribution in [1.29, 1.82) is 0 Å².